The molecule has 3 N–H and O–H groups in total. The molecule has 0 aliphatic heterocycles. The van der Waals surface area contributed by atoms with Gasteiger partial charge in [-0.25, -0.2) is 4.57 Å². The van der Waals surface area contributed by atoms with Gasteiger partial charge in [-0.2, -0.15) is 0 Å². The van der Waals surface area contributed by atoms with Gasteiger partial charge in [0.15, 0.2) is 0 Å². The quantitative estimate of drug-likeness (QED) is 0.0243. The van der Waals surface area contributed by atoms with Gasteiger partial charge < -0.3 is 19.8 Å². The number of carbonyl (C=O) groups is 1. The lowest BCUT2D eigenvalue weighted by atomic mass is 10.0. The van der Waals surface area contributed by atoms with Crippen molar-refractivity contribution in [1.29, 1.82) is 0 Å². The average Bonchev–Trinajstić information content (AvgIpc) is 3.37. The number of carbonyl (C=O) groups excluding carboxylic acids is 1. The van der Waals surface area contributed by atoms with Gasteiger partial charge in [-0.15, -0.1) is 0 Å². The van der Waals surface area contributed by atoms with Crippen LogP contribution in [0.3, 0.4) is 0 Å². The maximum atomic E-state index is 13.0. The molecule has 1 amide bonds. The van der Waals surface area contributed by atoms with Gasteiger partial charge in [-0.1, -0.05) is 285 Å². The van der Waals surface area contributed by atoms with Crippen molar-refractivity contribution in [3.05, 3.63) is 85.1 Å². The van der Waals surface area contributed by atoms with E-state index in [1.54, 1.807) is 6.08 Å². The number of nitrogens with one attached hydrogen (secondary N) is 1. The van der Waals surface area contributed by atoms with Gasteiger partial charge in [0.1, 0.15) is 13.2 Å². The van der Waals surface area contributed by atoms with E-state index >= 15 is 0 Å². The summed E-state index contributed by atoms with van der Waals surface area (Å²) in [6.07, 6.45) is 79.8. The first-order valence-electron chi connectivity index (χ1n) is 31.5. The molecular formula is C66H122N2O6P+. The number of quaternary nitrogens is 1. The first-order valence-corrected chi connectivity index (χ1v) is 33.0. The maximum absolute atomic E-state index is 13.0. The van der Waals surface area contributed by atoms with Crippen molar-refractivity contribution in [2.24, 2.45) is 0 Å². The molecule has 0 saturated heterocycles. The van der Waals surface area contributed by atoms with Crippen molar-refractivity contribution in [3.8, 4) is 0 Å². The Morgan fingerprint density at radius 2 is 0.800 bits per heavy atom. The van der Waals surface area contributed by atoms with Crippen LogP contribution in [-0.4, -0.2) is 73.4 Å². The molecule has 0 aromatic rings. The van der Waals surface area contributed by atoms with Crippen molar-refractivity contribution in [3.63, 3.8) is 0 Å². The largest absolute Gasteiger partial charge is 0.472 e. The van der Waals surface area contributed by atoms with Gasteiger partial charge in [-0.3, -0.25) is 13.8 Å². The smallest absolute Gasteiger partial charge is 0.387 e. The highest BCUT2D eigenvalue weighted by Gasteiger charge is 2.27. The monoisotopic (exact) mass is 1070 g/mol. The lowest BCUT2D eigenvalue weighted by molar-refractivity contribution is -0.870. The van der Waals surface area contributed by atoms with Crippen LogP contribution >= 0.6 is 7.82 Å². The number of nitrogens with zero attached hydrogens (tertiary/aromatic N) is 1. The number of aliphatic hydroxyl groups excluding tert-OH is 1. The normalized spacial score (nSPS) is 14.4. The van der Waals surface area contributed by atoms with E-state index in [-0.39, 0.29) is 19.1 Å². The van der Waals surface area contributed by atoms with Crippen LogP contribution in [0.5, 0.6) is 0 Å². The van der Waals surface area contributed by atoms with E-state index < -0.39 is 20.0 Å². The molecule has 8 nitrogen and oxygen atoms in total. The molecule has 0 bridgehead atoms. The molecule has 3 atom stereocenters. The molecule has 0 aliphatic carbocycles. The molecule has 9 heteroatoms. The minimum absolute atomic E-state index is 0.0586. The van der Waals surface area contributed by atoms with Gasteiger partial charge in [-0.05, 0) is 70.6 Å². The lowest BCUT2D eigenvalue weighted by Crippen LogP contribution is -2.45. The summed E-state index contributed by atoms with van der Waals surface area (Å²) in [6, 6.07) is -0.853. The Labute approximate surface area is 465 Å². The average molecular weight is 1070 g/mol. The van der Waals surface area contributed by atoms with Crippen LogP contribution in [0.1, 0.15) is 277 Å². The van der Waals surface area contributed by atoms with Crippen molar-refractivity contribution in [2.45, 2.75) is 289 Å². The van der Waals surface area contributed by atoms with Crippen LogP contribution in [0.15, 0.2) is 85.1 Å². The topological polar surface area (TPSA) is 105 Å². The fourth-order valence-corrected chi connectivity index (χ4v) is 9.72. The number of rotatable bonds is 57. The van der Waals surface area contributed by atoms with Crippen LogP contribution in [0.4, 0.5) is 0 Å². The summed E-state index contributed by atoms with van der Waals surface area (Å²) in [7, 11) is 1.57. The number of phosphoric acid groups is 1. The highest BCUT2D eigenvalue weighted by molar-refractivity contribution is 7.47. The number of likely N-dealkylation sites (N-methyl/N-ethyl adjacent to an activating group) is 1. The van der Waals surface area contributed by atoms with Gasteiger partial charge in [0.25, 0.3) is 0 Å². The predicted octanol–water partition coefficient (Wildman–Crippen LogP) is 19.6. The van der Waals surface area contributed by atoms with Crippen LogP contribution in [0.25, 0.3) is 0 Å². The molecule has 0 fully saturated rings. The van der Waals surface area contributed by atoms with Gasteiger partial charge in [0.2, 0.25) is 5.91 Å². The number of aliphatic hydroxyl groups is 1. The number of unbranched alkanes of at least 4 members (excludes halogenated alkanes) is 32. The van der Waals surface area contributed by atoms with E-state index in [1.165, 1.54) is 180 Å². The van der Waals surface area contributed by atoms with E-state index in [1.807, 2.05) is 27.2 Å². The standard InChI is InChI=1S/C66H121N2O6P/c1-6-8-10-12-14-16-18-20-22-24-26-28-30-31-32-33-34-35-36-37-38-40-42-44-46-48-50-52-54-56-58-60-66(70)67-64(63-74-75(71,72)73-62-61-68(3,4)5)65(69)59-57-55-53-51-49-47-45-43-41-39-29-27-25-23-21-19-17-15-13-11-9-7-2/h8,10,14,16,20,22,26,28,31-32,34-35,57,59,64-65,69H,6-7,9,11-13,15,17-19,21,23-25,27,29-30,33,36-56,58,60-63H2,1-5H3,(H-,67,70,71,72)/p+1/b10-8-,16-14-,22-20-,28-26-,32-31-,35-34-,59-57+. The number of phosphoric ester groups is 1. The molecule has 0 aromatic carbocycles. The summed E-state index contributed by atoms with van der Waals surface area (Å²) < 4.78 is 23.8. The van der Waals surface area contributed by atoms with Gasteiger partial charge in [0.05, 0.1) is 39.9 Å². The molecule has 0 rings (SSSR count). The molecule has 3 unspecified atom stereocenters. The molecule has 0 aliphatic rings. The predicted molar refractivity (Wildman–Crippen MR) is 327 cm³/mol. The first-order chi connectivity index (χ1) is 36.5. The number of hydrogen-bond acceptors (Lipinski definition) is 5. The molecule has 0 aromatic heterocycles. The van der Waals surface area contributed by atoms with E-state index in [0.29, 0.717) is 17.4 Å². The summed E-state index contributed by atoms with van der Waals surface area (Å²) in [6.45, 7) is 4.72. The highest BCUT2D eigenvalue weighted by atomic mass is 31.2. The molecule has 436 valence electrons. The number of hydrogen-bond donors (Lipinski definition) is 3. The minimum Gasteiger partial charge on any atom is -0.387 e. The van der Waals surface area contributed by atoms with Crippen LogP contribution in [0, 0.1) is 0 Å². The Balaban J connectivity index is 4.16. The maximum Gasteiger partial charge on any atom is 0.472 e. The molecular weight excluding hydrogens is 948 g/mol. The Hall–Kier alpha value is -2.32. The van der Waals surface area contributed by atoms with Crippen LogP contribution in [0.2, 0.25) is 0 Å². The van der Waals surface area contributed by atoms with Gasteiger partial charge in [0, 0.05) is 6.42 Å². The SMILES string of the molecule is CC/C=C\C/C=C\C/C=C\C/C=C\C/C=C\C/C=C\CCCCCCCCCCCCCCC(=O)NC(COP(=O)(O)OCC[N+](C)(C)C)C(O)/C=C/CCCCCCCCCCCCCCCCCCCCCC. The van der Waals surface area contributed by atoms with Crippen molar-refractivity contribution >= 4 is 13.7 Å². The Kier molecular flexibility index (Phi) is 54.7. The van der Waals surface area contributed by atoms with E-state index in [4.69, 9.17) is 9.05 Å². The summed E-state index contributed by atoms with van der Waals surface area (Å²) in [5, 5.41) is 14.0. The first kappa shape index (κ1) is 72.7. The molecule has 0 radical (unpaired) electrons. The third-order valence-electron chi connectivity index (χ3n) is 13.9. The summed E-state index contributed by atoms with van der Waals surface area (Å²) in [4.78, 5) is 23.4. The molecule has 0 heterocycles. The molecule has 75 heavy (non-hydrogen) atoms. The summed E-state index contributed by atoms with van der Waals surface area (Å²) >= 11 is 0. The van der Waals surface area contributed by atoms with Crippen molar-refractivity contribution < 1.29 is 32.9 Å². The molecule has 0 saturated carbocycles. The molecule has 0 spiro atoms. The second-order valence-corrected chi connectivity index (χ2v) is 23.9. The van der Waals surface area contributed by atoms with Crippen LogP contribution < -0.4 is 5.32 Å². The third kappa shape index (κ3) is 59.2. The minimum atomic E-state index is -4.35. The Morgan fingerprint density at radius 1 is 0.467 bits per heavy atom. The van der Waals surface area contributed by atoms with Crippen LogP contribution in [-0.2, 0) is 18.4 Å². The van der Waals surface area contributed by atoms with E-state index in [2.05, 4.69) is 92.1 Å². The van der Waals surface area contributed by atoms with Gasteiger partial charge >= 0.3 is 7.82 Å². The number of amides is 1. The van der Waals surface area contributed by atoms with Crippen molar-refractivity contribution in [1.82, 2.24) is 5.32 Å². The zero-order valence-electron chi connectivity index (χ0n) is 49.8. The van der Waals surface area contributed by atoms with E-state index in [0.717, 1.165) is 77.0 Å². The third-order valence-corrected chi connectivity index (χ3v) is 14.9. The summed E-state index contributed by atoms with van der Waals surface area (Å²) in [5.41, 5.74) is 0. The lowest BCUT2D eigenvalue weighted by Gasteiger charge is -2.25. The van der Waals surface area contributed by atoms with E-state index in [9.17, 15) is 19.4 Å². The number of allylic oxidation sites excluding steroid dienone is 13. The Morgan fingerprint density at radius 3 is 1.17 bits per heavy atom. The zero-order valence-corrected chi connectivity index (χ0v) is 50.7. The second-order valence-electron chi connectivity index (χ2n) is 22.4. The second kappa shape index (κ2) is 56.4. The fraction of sp³-hybridized carbons (Fsp3) is 0.773. The fourth-order valence-electron chi connectivity index (χ4n) is 8.99. The zero-order chi connectivity index (χ0) is 54.9. The highest BCUT2D eigenvalue weighted by Crippen LogP contribution is 2.43. The Bertz CT molecular complexity index is 1500. The summed E-state index contributed by atoms with van der Waals surface area (Å²) in [5.74, 6) is -0.179. The van der Waals surface area contributed by atoms with Crippen molar-refractivity contribution in [2.75, 3.05) is 40.9 Å².